The summed E-state index contributed by atoms with van der Waals surface area (Å²) in [6.07, 6.45) is 0.0799. The molecule has 1 aromatic carbocycles. The number of hydrogen-bond acceptors (Lipinski definition) is 2. The van der Waals surface area contributed by atoms with Crippen molar-refractivity contribution in [1.82, 2.24) is 0 Å². The summed E-state index contributed by atoms with van der Waals surface area (Å²) in [5.74, 6) is -0.0650. The molecule has 0 bridgehead atoms. The fourth-order valence-corrected chi connectivity index (χ4v) is 1.91. The van der Waals surface area contributed by atoms with Crippen molar-refractivity contribution in [3.8, 4) is 5.75 Å². The summed E-state index contributed by atoms with van der Waals surface area (Å²) in [7, 11) is 3.59. The number of carboxylic acids is 1. The third-order valence-electron chi connectivity index (χ3n) is 2.88. The Morgan fingerprint density at radius 3 is 2.59 bits per heavy atom. The van der Waals surface area contributed by atoms with Crippen molar-refractivity contribution in [3.05, 3.63) is 23.8 Å². The molecule has 17 heavy (non-hydrogen) atoms. The molecule has 0 saturated carbocycles. The number of rotatable bonds is 5. The molecule has 0 amide bonds. The molecule has 0 aromatic heterocycles. The van der Waals surface area contributed by atoms with Gasteiger partial charge in [-0.25, -0.2) is 0 Å². The molecule has 0 heterocycles. The minimum absolute atomic E-state index is 0.0799. The molecule has 1 rings (SSSR count). The Labute approximate surface area is 103 Å². The minimum Gasteiger partial charge on any atom is -0.496 e. The van der Waals surface area contributed by atoms with Gasteiger partial charge in [-0.05, 0) is 11.6 Å². The summed E-state index contributed by atoms with van der Waals surface area (Å²) in [5, 5.41) is 8.95. The van der Waals surface area contributed by atoms with Crippen LogP contribution in [0.1, 0.15) is 25.8 Å². The van der Waals surface area contributed by atoms with Gasteiger partial charge in [0.15, 0.2) is 0 Å². The van der Waals surface area contributed by atoms with Gasteiger partial charge in [0, 0.05) is 5.41 Å². The second-order valence-corrected chi connectivity index (χ2v) is 4.70. The molecule has 4 heteroatoms. The largest absolute Gasteiger partial charge is 0.496 e. The maximum Gasteiger partial charge on any atom is 0.304 e. The summed E-state index contributed by atoms with van der Waals surface area (Å²) in [5.41, 5.74) is 1.55. The highest BCUT2D eigenvalue weighted by molar-refractivity contribution is 6.51. The maximum atomic E-state index is 10.9. The number of carbonyl (C=O) groups is 1. The van der Waals surface area contributed by atoms with Crippen LogP contribution in [0.4, 0.5) is 0 Å². The Kier molecular flexibility index (Phi) is 4.21. The Bertz CT molecular complexity index is 413. The van der Waals surface area contributed by atoms with Crippen molar-refractivity contribution in [3.63, 3.8) is 0 Å². The third-order valence-corrected chi connectivity index (χ3v) is 2.88. The summed E-state index contributed by atoms with van der Waals surface area (Å²) < 4.78 is 5.31. The van der Waals surface area contributed by atoms with Gasteiger partial charge < -0.3 is 9.84 Å². The Morgan fingerprint density at radius 1 is 1.47 bits per heavy atom. The quantitative estimate of drug-likeness (QED) is 0.789. The van der Waals surface area contributed by atoms with E-state index in [0.29, 0.717) is 0 Å². The Morgan fingerprint density at radius 2 is 2.12 bits per heavy atom. The van der Waals surface area contributed by atoms with Crippen LogP contribution in [0.2, 0.25) is 6.82 Å². The Hall–Kier alpha value is -1.45. The van der Waals surface area contributed by atoms with Crippen LogP contribution in [0.25, 0.3) is 0 Å². The minimum atomic E-state index is -0.803. The molecule has 0 spiro atoms. The normalized spacial score (nSPS) is 11.1. The number of benzene rings is 1. The van der Waals surface area contributed by atoms with Gasteiger partial charge >= 0.3 is 5.97 Å². The first-order valence-electron chi connectivity index (χ1n) is 5.60. The van der Waals surface area contributed by atoms with Gasteiger partial charge in [-0.2, -0.15) is 0 Å². The van der Waals surface area contributed by atoms with Crippen LogP contribution in [0.3, 0.4) is 0 Å². The molecule has 1 aromatic rings. The van der Waals surface area contributed by atoms with Crippen LogP contribution >= 0.6 is 0 Å². The fourth-order valence-electron chi connectivity index (χ4n) is 1.91. The SMILES string of the molecule is C[B]c1ccc(OC)c(C(C)(C)CC(=O)O)c1. The highest BCUT2D eigenvalue weighted by atomic mass is 16.5. The number of hydrogen-bond donors (Lipinski definition) is 1. The highest BCUT2D eigenvalue weighted by Gasteiger charge is 2.27. The molecule has 1 N–H and O–H groups in total. The van der Waals surface area contributed by atoms with Crippen LogP contribution in [-0.4, -0.2) is 25.5 Å². The first kappa shape index (κ1) is 13.6. The molecule has 91 valence electrons. The van der Waals surface area contributed by atoms with E-state index in [1.54, 1.807) is 7.11 Å². The summed E-state index contributed by atoms with van der Waals surface area (Å²) >= 11 is 0. The summed E-state index contributed by atoms with van der Waals surface area (Å²) in [4.78, 5) is 10.9. The molecular formula is C13H18BO3. The van der Waals surface area contributed by atoms with E-state index < -0.39 is 11.4 Å². The van der Waals surface area contributed by atoms with Crippen molar-refractivity contribution >= 4 is 18.7 Å². The van der Waals surface area contributed by atoms with E-state index in [2.05, 4.69) is 0 Å². The maximum absolute atomic E-state index is 10.9. The molecule has 3 nitrogen and oxygen atoms in total. The molecule has 0 unspecified atom stereocenters. The van der Waals surface area contributed by atoms with E-state index in [0.717, 1.165) is 16.8 Å². The van der Waals surface area contributed by atoms with E-state index in [1.165, 1.54) is 0 Å². The van der Waals surface area contributed by atoms with Crippen LogP contribution in [-0.2, 0) is 10.2 Å². The Balaban J connectivity index is 3.21. The average molecular weight is 233 g/mol. The van der Waals surface area contributed by atoms with Crippen LogP contribution in [0, 0.1) is 0 Å². The second-order valence-electron chi connectivity index (χ2n) is 4.70. The highest BCUT2D eigenvalue weighted by Crippen LogP contribution is 2.33. The molecule has 0 fully saturated rings. The van der Waals surface area contributed by atoms with E-state index in [1.807, 2.05) is 46.1 Å². The molecule has 0 aliphatic heterocycles. The first-order valence-corrected chi connectivity index (χ1v) is 5.60. The van der Waals surface area contributed by atoms with Crippen LogP contribution < -0.4 is 10.2 Å². The number of aliphatic carboxylic acids is 1. The molecule has 0 atom stereocenters. The second kappa shape index (κ2) is 5.26. The zero-order chi connectivity index (χ0) is 13.1. The van der Waals surface area contributed by atoms with Gasteiger partial charge in [0.1, 0.15) is 13.0 Å². The molecule has 0 aliphatic carbocycles. The standard InChI is InChI=1S/C13H18BO3/c1-13(2,8-12(15)16)10-7-9(14-3)5-6-11(10)17-4/h5-7H,8H2,1-4H3,(H,15,16). The van der Waals surface area contributed by atoms with Gasteiger partial charge in [0.05, 0.1) is 13.5 Å². The lowest BCUT2D eigenvalue weighted by Crippen LogP contribution is -2.25. The number of methoxy groups -OCH3 is 1. The van der Waals surface area contributed by atoms with Gasteiger partial charge in [-0.3, -0.25) is 4.79 Å². The lowest BCUT2D eigenvalue weighted by atomic mass is 9.70. The van der Waals surface area contributed by atoms with E-state index in [9.17, 15) is 4.79 Å². The topological polar surface area (TPSA) is 46.5 Å². The zero-order valence-corrected chi connectivity index (χ0v) is 10.8. The van der Waals surface area contributed by atoms with Crippen molar-refractivity contribution in [1.29, 1.82) is 0 Å². The predicted octanol–water partition coefficient (Wildman–Crippen LogP) is 1.83. The smallest absolute Gasteiger partial charge is 0.304 e. The lowest BCUT2D eigenvalue weighted by Gasteiger charge is -2.26. The predicted molar refractivity (Wildman–Crippen MR) is 69.5 cm³/mol. The third kappa shape index (κ3) is 3.25. The first-order chi connectivity index (χ1) is 7.90. The zero-order valence-electron chi connectivity index (χ0n) is 10.8. The molecule has 1 radical (unpaired) electrons. The van der Waals surface area contributed by atoms with Gasteiger partial charge in [-0.15, -0.1) is 0 Å². The summed E-state index contributed by atoms with van der Waals surface area (Å²) in [6.45, 7) is 5.78. The average Bonchev–Trinajstić information content (AvgIpc) is 2.26. The van der Waals surface area contributed by atoms with Crippen LogP contribution in [0.5, 0.6) is 5.75 Å². The molecule has 0 aliphatic rings. The van der Waals surface area contributed by atoms with Crippen LogP contribution in [0.15, 0.2) is 18.2 Å². The van der Waals surface area contributed by atoms with Crippen molar-refractivity contribution in [2.75, 3.05) is 7.11 Å². The fraction of sp³-hybridized carbons (Fsp3) is 0.462. The molecular weight excluding hydrogens is 215 g/mol. The number of ether oxygens (including phenoxy) is 1. The van der Waals surface area contributed by atoms with E-state index in [4.69, 9.17) is 9.84 Å². The van der Waals surface area contributed by atoms with Crippen molar-refractivity contribution in [2.45, 2.75) is 32.5 Å². The molecule has 0 saturated heterocycles. The van der Waals surface area contributed by atoms with Gasteiger partial charge in [-0.1, -0.05) is 38.3 Å². The van der Waals surface area contributed by atoms with Crippen molar-refractivity contribution in [2.24, 2.45) is 0 Å². The van der Waals surface area contributed by atoms with Gasteiger partial charge in [0.25, 0.3) is 0 Å². The van der Waals surface area contributed by atoms with Crippen molar-refractivity contribution < 1.29 is 14.6 Å². The van der Waals surface area contributed by atoms with E-state index in [-0.39, 0.29) is 6.42 Å². The summed E-state index contributed by atoms with van der Waals surface area (Å²) in [6, 6.07) is 5.83. The lowest BCUT2D eigenvalue weighted by molar-refractivity contribution is -0.138. The monoisotopic (exact) mass is 233 g/mol. The van der Waals surface area contributed by atoms with E-state index >= 15 is 0 Å². The van der Waals surface area contributed by atoms with Gasteiger partial charge in [0.2, 0.25) is 0 Å². The number of carboxylic acid groups (broad SMARTS) is 1.